The van der Waals surface area contributed by atoms with Crippen LogP contribution in [0.3, 0.4) is 0 Å². The van der Waals surface area contributed by atoms with Gasteiger partial charge in [0, 0.05) is 24.8 Å². The fraction of sp³-hybridized carbons (Fsp3) is 0.200. The lowest BCUT2D eigenvalue weighted by Crippen LogP contribution is -2.31. The topological polar surface area (TPSA) is 29.3 Å². The van der Waals surface area contributed by atoms with Crippen molar-refractivity contribution in [3.05, 3.63) is 65.5 Å². The number of hydrogen-bond donors (Lipinski definition) is 1. The van der Waals surface area contributed by atoms with Crippen molar-refractivity contribution in [2.75, 3.05) is 18.5 Å². The average Bonchev–Trinajstić information content (AvgIpc) is 2.44. The van der Waals surface area contributed by atoms with Gasteiger partial charge in [0.2, 0.25) is 0 Å². The molecule has 20 heavy (non-hydrogen) atoms. The molecule has 0 amide bonds. The maximum absolute atomic E-state index is 13.8. The number of nitrogens with zero attached hydrogens (tertiary/aromatic N) is 1. The van der Waals surface area contributed by atoms with Gasteiger partial charge in [-0.05, 0) is 42.5 Å². The van der Waals surface area contributed by atoms with Crippen LogP contribution in [-0.4, -0.2) is 13.6 Å². The number of anilines is 1. The summed E-state index contributed by atoms with van der Waals surface area (Å²) in [6.45, 7) is 0.105. The Hall–Kier alpha value is -2.01. The van der Waals surface area contributed by atoms with Crippen molar-refractivity contribution < 1.29 is 13.2 Å². The van der Waals surface area contributed by atoms with Crippen LogP contribution in [0.15, 0.2) is 42.5 Å². The second-order valence-corrected chi connectivity index (χ2v) is 4.50. The van der Waals surface area contributed by atoms with Gasteiger partial charge in [0.25, 0.3) is 0 Å². The summed E-state index contributed by atoms with van der Waals surface area (Å²) in [6.07, 6.45) is 0. The minimum absolute atomic E-state index is 0.105. The van der Waals surface area contributed by atoms with Gasteiger partial charge >= 0.3 is 0 Å². The summed E-state index contributed by atoms with van der Waals surface area (Å²) in [5, 5.41) is 0. The molecule has 2 aromatic rings. The van der Waals surface area contributed by atoms with E-state index in [9.17, 15) is 13.2 Å². The first-order valence-corrected chi connectivity index (χ1v) is 6.16. The zero-order valence-electron chi connectivity index (χ0n) is 11.0. The molecule has 0 saturated heterocycles. The predicted molar refractivity (Wildman–Crippen MR) is 73.0 cm³/mol. The van der Waals surface area contributed by atoms with Crippen molar-refractivity contribution in [1.82, 2.24) is 0 Å². The molecule has 2 nitrogen and oxygen atoms in total. The van der Waals surface area contributed by atoms with Gasteiger partial charge in [-0.2, -0.15) is 0 Å². The van der Waals surface area contributed by atoms with E-state index in [-0.39, 0.29) is 17.9 Å². The first kappa shape index (κ1) is 14.4. The quantitative estimate of drug-likeness (QED) is 0.931. The van der Waals surface area contributed by atoms with Crippen molar-refractivity contribution in [3.63, 3.8) is 0 Å². The molecule has 0 fully saturated rings. The fourth-order valence-electron chi connectivity index (χ4n) is 2.12. The molecule has 0 bridgehead atoms. The monoisotopic (exact) mass is 280 g/mol. The number of halogens is 3. The summed E-state index contributed by atoms with van der Waals surface area (Å²) in [5.74, 6) is -1.40. The van der Waals surface area contributed by atoms with Crippen LogP contribution in [0.5, 0.6) is 0 Å². The van der Waals surface area contributed by atoms with Gasteiger partial charge in [0.1, 0.15) is 17.5 Å². The number of likely N-dealkylation sites (N-methyl/N-ethyl adjacent to an activating group) is 1. The number of nitrogens with two attached hydrogens (primary N) is 1. The third kappa shape index (κ3) is 2.93. The third-order valence-corrected chi connectivity index (χ3v) is 3.24. The lowest BCUT2D eigenvalue weighted by molar-refractivity contribution is 0.555. The van der Waals surface area contributed by atoms with Crippen molar-refractivity contribution in [1.29, 1.82) is 0 Å². The Labute approximate surface area is 115 Å². The fourth-order valence-corrected chi connectivity index (χ4v) is 2.12. The van der Waals surface area contributed by atoms with Crippen LogP contribution in [0.1, 0.15) is 11.6 Å². The number of rotatable bonds is 4. The van der Waals surface area contributed by atoms with E-state index in [2.05, 4.69) is 0 Å². The highest BCUT2D eigenvalue weighted by Gasteiger charge is 2.20. The Morgan fingerprint density at radius 1 is 1.00 bits per heavy atom. The van der Waals surface area contributed by atoms with E-state index in [4.69, 9.17) is 5.73 Å². The number of hydrogen-bond acceptors (Lipinski definition) is 2. The largest absolute Gasteiger partial charge is 0.366 e. The van der Waals surface area contributed by atoms with E-state index in [0.29, 0.717) is 5.69 Å². The van der Waals surface area contributed by atoms with Crippen LogP contribution < -0.4 is 10.6 Å². The van der Waals surface area contributed by atoms with E-state index >= 15 is 0 Å². The Kier molecular flexibility index (Phi) is 4.29. The van der Waals surface area contributed by atoms with E-state index in [1.165, 1.54) is 12.1 Å². The summed E-state index contributed by atoms with van der Waals surface area (Å²) >= 11 is 0. The molecule has 106 valence electrons. The summed E-state index contributed by atoms with van der Waals surface area (Å²) in [4.78, 5) is 1.69. The highest BCUT2D eigenvalue weighted by atomic mass is 19.1. The lowest BCUT2D eigenvalue weighted by Gasteiger charge is -2.29. The highest BCUT2D eigenvalue weighted by Crippen LogP contribution is 2.27. The molecular weight excluding hydrogens is 265 g/mol. The molecule has 0 aliphatic carbocycles. The SMILES string of the molecule is CN(c1ccc(F)cc1)C(CN)c1cc(F)ccc1F. The Bertz CT molecular complexity index is 584. The molecule has 0 radical (unpaired) electrons. The molecule has 0 saturated carbocycles. The first-order chi connectivity index (χ1) is 9.52. The van der Waals surface area contributed by atoms with Gasteiger partial charge in [-0.3, -0.25) is 0 Å². The lowest BCUT2D eigenvalue weighted by atomic mass is 10.0. The van der Waals surface area contributed by atoms with Crippen LogP contribution >= 0.6 is 0 Å². The minimum atomic E-state index is -0.531. The molecule has 2 aromatic carbocycles. The highest BCUT2D eigenvalue weighted by molar-refractivity contribution is 5.48. The van der Waals surface area contributed by atoms with Gasteiger partial charge in [0.15, 0.2) is 0 Å². The third-order valence-electron chi connectivity index (χ3n) is 3.24. The van der Waals surface area contributed by atoms with Crippen molar-refractivity contribution >= 4 is 5.69 Å². The Morgan fingerprint density at radius 2 is 1.60 bits per heavy atom. The zero-order chi connectivity index (χ0) is 14.7. The van der Waals surface area contributed by atoms with Crippen molar-refractivity contribution in [3.8, 4) is 0 Å². The molecule has 1 unspecified atom stereocenters. The van der Waals surface area contributed by atoms with E-state index < -0.39 is 17.7 Å². The smallest absolute Gasteiger partial charge is 0.128 e. The van der Waals surface area contributed by atoms with Crippen LogP contribution in [0, 0.1) is 17.5 Å². The molecule has 0 aliphatic heterocycles. The standard InChI is InChI=1S/C15H15F3N2/c1-20(12-5-2-10(16)3-6-12)15(9-19)13-8-11(17)4-7-14(13)18/h2-8,15H,9,19H2,1H3. The van der Waals surface area contributed by atoms with Gasteiger partial charge in [-0.25, -0.2) is 13.2 Å². The molecule has 0 spiro atoms. The summed E-state index contributed by atoms with van der Waals surface area (Å²) in [5.41, 5.74) is 6.54. The summed E-state index contributed by atoms with van der Waals surface area (Å²) in [7, 11) is 1.70. The van der Waals surface area contributed by atoms with Crippen LogP contribution in [0.4, 0.5) is 18.9 Å². The Morgan fingerprint density at radius 3 is 2.20 bits per heavy atom. The van der Waals surface area contributed by atoms with E-state index in [1.807, 2.05) is 0 Å². The van der Waals surface area contributed by atoms with Crippen LogP contribution in [-0.2, 0) is 0 Å². The summed E-state index contributed by atoms with van der Waals surface area (Å²) < 4.78 is 40.0. The number of benzene rings is 2. The molecular formula is C15H15F3N2. The van der Waals surface area contributed by atoms with Crippen molar-refractivity contribution in [2.45, 2.75) is 6.04 Å². The van der Waals surface area contributed by atoms with E-state index in [0.717, 1.165) is 18.2 Å². The van der Waals surface area contributed by atoms with Crippen LogP contribution in [0.25, 0.3) is 0 Å². The second-order valence-electron chi connectivity index (χ2n) is 4.50. The minimum Gasteiger partial charge on any atom is -0.366 e. The average molecular weight is 280 g/mol. The molecule has 1 atom stereocenters. The summed E-state index contributed by atoms with van der Waals surface area (Å²) in [6, 6.07) is 8.48. The molecule has 0 heterocycles. The molecule has 2 rings (SSSR count). The molecule has 0 aliphatic rings. The molecule has 0 aromatic heterocycles. The maximum Gasteiger partial charge on any atom is 0.128 e. The van der Waals surface area contributed by atoms with E-state index in [1.54, 1.807) is 24.1 Å². The second kappa shape index (κ2) is 5.96. The van der Waals surface area contributed by atoms with Gasteiger partial charge in [0.05, 0.1) is 6.04 Å². The maximum atomic E-state index is 13.8. The zero-order valence-corrected chi connectivity index (χ0v) is 11.0. The normalized spacial score (nSPS) is 12.2. The first-order valence-electron chi connectivity index (χ1n) is 6.16. The van der Waals surface area contributed by atoms with Crippen molar-refractivity contribution in [2.24, 2.45) is 5.73 Å². The molecule has 2 N–H and O–H groups in total. The van der Waals surface area contributed by atoms with Gasteiger partial charge in [-0.1, -0.05) is 0 Å². The predicted octanol–water partition coefficient (Wildman–Crippen LogP) is 3.24. The Balaban J connectivity index is 2.36. The molecule has 5 heteroatoms. The van der Waals surface area contributed by atoms with Gasteiger partial charge < -0.3 is 10.6 Å². The van der Waals surface area contributed by atoms with Gasteiger partial charge in [-0.15, -0.1) is 0 Å². The van der Waals surface area contributed by atoms with Crippen LogP contribution in [0.2, 0.25) is 0 Å².